The van der Waals surface area contributed by atoms with Gasteiger partial charge in [-0.2, -0.15) is 0 Å². The van der Waals surface area contributed by atoms with Crippen LogP contribution in [0.4, 0.5) is 4.39 Å². The molecule has 0 spiro atoms. The van der Waals surface area contributed by atoms with Crippen molar-refractivity contribution in [3.63, 3.8) is 0 Å². The Bertz CT molecular complexity index is 628. The van der Waals surface area contributed by atoms with E-state index in [0.717, 1.165) is 0 Å². The van der Waals surface area contributed by atoms with Crippen LogP contribution in [-0.4, -0.2) is 4.99 Å². The zero-order valence-electron chi connectivity index (χ0n) is 9.49. The van der Waals surface area contributed by atoms with E-state index < -0.39 is 5.82 Å². The van der Waals surface area contributed by atoms with Gasteiger partial charge < -0.3 is 10.5 Å². The molecule has 0 bridgehead atoms. The van der Waals surface area contributed by atoms with Crippen LogP contribution in [0.25, 0.3) is 0 Å². The predicted molar refractivity (Wildman–Crippen MR) is 78.8 cm³/mol. The van der Waals surface area contributed by atoms with Gasteiger partial charge in [-0.1, -0.05) is 35.4 Å². The van der Waals surface area contributed by atoms with Crippen LogP contribution in [-0.2, 0) is 0 Å². The molecule has 0 unspecified atom stereocenters. The van der Waals surface area contributed by atoms with Crippen molar-refractivity contribution >= 4 is 40.4 Å². The first-order valence-corrected chi connectivity index (χ1v) is 6.35. The van der Waals surface area contributed by atoms with Gasteiger partial charge in [0.1, 0.15) is 10.7 Å². The van der Waals surface area contributed by atoms with Crippen molar-refractivity contribution in [1.82, 2.24) is 0 Å². The Morgan fingerprint density at radius 2 is 1.74 bits per heavy atom. The molecule has 2 aromatic rings. The summed E-state index contributed by atoms with van der Waals surface area (Å²) in [4.78, 5) is 0.122. The van der Waals surface area contributed by atoms with E-state index in [4.69, 9.17) is 45.9 Å². The highest BCUT2D eigenvalue weighted by Gasteiger charge is 2.08. The van der Waals surface area contributed by atoms with Gasteiger partial charge in [0, 0.05) is 15.6 Å². The van der Waals surface area contributed by atoms with E-state index in [1.54, 1.807) is 12.1 Å². The fourth-order valence-corrected chi connectivity index (χ4v) is 2.08. The van der Waals surface area contributed by atoms with Gasteiger partial charge in [0.2, 0.25) is 0 Å². The molecule has 0 aliphatic heterocycles. The molecule has 0 radical (unpaired) electrons. The van der Waals surface area contributed by atoms with E-state index in [1.807, 2.05) is 0 Å². The lowest BCUT2D eigenvalue weighted by Crippen LogP contribution is -2.09. The lowest BCUT2D eigenvalue weighted by molar-refractivity contribution is 0.442. The molecule has 0 aromatic heterocycles. The Kier molecular flexibility index (Phi) is 4.24. The summed E-state index contributed by atoms with van der Waals surface area (Å²) in [7, 11) is 0. The van der Waals surface area contributed by atoms with Gasteiger partial charge in [-0.25, -0.2) is 4.39 Å². The lowest BCUT2D eigenvalue weighted by Gasteiger charge is -2.08. The Labute approximate surface area is 124 Å². The normalized spacial score (nSPS) is 10.3. The minimum Gasteiger partial charge on any atom is -0.454 e. The molecule has 0 heterocycles. The standard InChI is InChI=1S/C13H8Cl2FNOS/c14-8-4-9(15)6-10(5-8)18-12-2-1-7(13(17)19)3-11(12)16/h1-6H,(H2,17,19). The van der Waals surface area contributed by atoms with Gasteiger partial charge >= 0.3 is 0 Å². The van der Waals surface area contributed by atoms with Gasteiger partial charge in [-0.3, -0.25) is 0 Å². The highest BCUT2D eigenvalue weighted by Crippen LogP contribution is 2.30. The van der Waals surface area contributed by atoms with Crippen molar-refractivity contribution < 1.29 is 9.13 Å². The largest absolute Gasteiger partial charge is 0.454 e. The van der Waals surface area contributed by atoms with Gasteiger partial charge in [-0.15, -0.1) is 0 Å². The van der Waals surface area contributed by atoms with Crippen LogP contribution >= 0.6 is 35.4 Å². The number of halogens is 3. The fraction of sp³-hybridized carbons (Fsp3) is 0. The molecule has 0 aliphatic rings. The second-order valence-corrected chi connectivity index (χ2v) is 5.03. The van der Waals surface area contributed by atoms with Gasteiger partial charge in [0.25, 0.3) is 0 Å². The zero-order chi connectivity index (χ0) is 14.0. The summed E-state index contributed by atoms with van der Waals surface area (Å²) >= 11 is 16.4. The van der Waals surface area contributed by atoms with Crippen LogP contribution in [0.5, 0.6) is 11.5 Å². The van der Waals surface area contributed by atoms with Gasteiger partial charge in [-0.05, 0) is 36.4 Å². The van der Waals surface area contributed by atoms with Crippen LogP contribution in [0.15, 0.2) is 36.4 Å². The lowest BCUT2D eigenvalue weighted by atomic mass is 10.2. The first-order valence-electron chi connectivity index (χ1n) is 5.19. The van der Waals surface area contributed by atoms with E-state index in [2.05, 4.69) is 0 Å². The van der Waals surface area contributed by atoms with E-state index in [0.29, 0.717) is 21.4 Å². The summed E-state index contributed by atoms with van der Waals surface area (Å²) in [5.74, 6) is -0.181. The summed E-state index contributed by atoms with van der Waals surface area (Å²) in [6.45, 7) is 0. The minimum atomic E-state index is -0.568. The summed E-state index contributed by atoms with van der Waals surface area (Å²) in [6.07, 6.45) is 0. The summed E-state index contributed by atoms with van der Waals surface area (Å²) < 4.78 is 19.2. The maximum Gasteiger partial charge on any atom is 0.166 e. The topological polar surface area (TPSA) is 35.2 Å². The number of hydrogen-bond donors (Lipinski definition) is 1. The van der Waals surface area contributed by atoms with Crippen LogP contribution < -0.4 is 10.5 Å². The Morgan fingerprint density at radius 1 is 1.11 bits per heavy atom. The summed E-state index contributed by atoms with van der Waals surface area (Å²) in [5, 5.41) is 0.810. The quantitative estimate of drug-likeness (QED) is 0.843. The average Bonchev–Trinajstić information content (AvgIpc) is 2.30. The minimum absolute atomic E-state index is 0.0401. The van der Waals surface area contributed by atoms with Crippen LogP contribution in [0.3, 0.4) is 0 Å². The van der Waals surface area contributed by atoms with Gasteiger partial charge in [0.05, 0.1) is 0 Å². The predicted octanol–water partition coefficient (Wildman–Crippen LogP) is 4.56. The molecule has 0 saturated carbocycles. The molecular weight excluding hydrogens is 308 g/mol. The molecule has 0 aliphatic carbocycles. The molecule has 6 heteroatoms. The maximum absolute atomic E-state index is 13.8. The van der Waals surface area contributed by atoms with E-state index in [1.165, 1.54) is 24.3 Å². The molecule has 19 heavy (non-hydrogen) atoms. The summed E-state index contributed by atoms with van der Waals surface area (Å²) in [6, 6.07) is 8.86. The van der Waals surface area contributed by atoms with Crippen LogP contribution in [0.2, 0.25) is 10.0 Å². The van der Waals surface area contributed by atoms with Gasteiger partial charge in [0.15, 0.2) is 11.6 Å². The van der Waals surface area contributed by atoms with Crippen LogP contribution in [0.1, 0.15) is 5.56 Å². The number of thiocarbonyl (C=S) groups is 1. The number of rotatable bonds is 3. The molecule has 0 atom stereocenters. The Balaban J connectivity index is 2.30. The third-order valence-corrected chi connectivity index (χ3v) is 2.95. The monoisotopic (exact) mass is 315 g/mol. The highest BCUT2D eigenvalue weighted by molar-refractivity contribution is 7.80. The summed E-state index contributed by atoms with van der Waals surface area (Å²) in [5.41, 5.74) is 5.85. The third kappa shape index (κ3) is 3.56. The molecule has 0 amide bonds. The van der Waals surface area contributed by atoms with Crippen molar-refractivity contribution in [2.45, 2.75) is 0 Å². The number of nitrogens with two attached hydrogens (primary N) is 1. The molecule has 0 fully saturated rings. The second-order valence-electron chi connectivity index (χ2n) is 3.72. The first-order chi connectivity index (χ1) is 8.95. The molecular formula is C13H8Cl2FNOS. The van der Waals surface area contributed by atoms with Crippen LogP contribution in [0, 0.1) is 5.82 Å². The molecule has 2 rings (SSSR count). The number of ether oxygens (including phenoxy) is 1. The zero-order valence-corrected chi connectivity index (χ0v) is 11.8. The van der Waals surface area contributed by atoms with Crippen molar-refractivity contribution in [2.75, 3.05) is 0 Å². The fourth-order valence-electron chi connectivity index (χ4n) is 1.45. The Morgan fingerprint density at radius 3 is 2.26 bits per heavy atom. The molecule has 0 saturated heterocycles. The second kappa shape index (κ2) is 5.74. The smallest absolute Gasteiger partial charge is 0.166 e. The molecule has 2 nitrogen and oxygen atoms in total. The van der Waals surface area contributed by atoms with Crippen molar-refractivity contribution in [3.8, 4) is 11.5 Å². The van der Waals surface area contributed by atoms with E-state index >= 15 is 0 Å². The van der Waals surface area contributed by atoms with E-state index in [9.17, 15) is 4.39 Å². The third-order valence-electron chi connectivity index (χ3n) is 2.28. The first kappa shape index (κ1) is 14.1. The molecule has 2 aromatic carbocycles. The molecule has 98 valence electrons. The van der Waals surface area contributed by atoms with Crippen molar-refractivity contribution in [3.05, 3.63) is 57.8 Å². The SMILES string of the molecule is NC(=S)c1ccc(Oc2cc(Cl)cc(Cl)c2)c(F)c1. The van der Waals surface area contributed by atoms with Crippen molar-refractivity contribution in [1.29, 1.82) is 0 Å². The molecule has 2 N–H and O–H groups in total. The van der Waals surface area contributed by atoms with E-state index in [-0.39, 0.29) is 10.7 Å². The number of hydrogen-bond acceptors (Lipinski definition) is 2. The Hall–Kier alpha value is -1.36. The van der Waals surface area contributed by atoms with Crippen molar-refractivity contribution in [2.24, 2.45) is 5.73 Å². The average molecular weight is 316 g/mol. The highest BCUT2D eigenvalue weighted by atomic mass is 35.5. The maximum atomic E-state index is 13.8. The number of benzene rings is 2.